The van der Waals surface area contributed by atoms with Crippen LogP contribution < -0.4 is 0 Å². The number of nitrogens with zero attached hydrogens (tertiary/aromatic N) is 2. The molecule has 0 aliphatic carbocycles. The van der Waals surface area contributed by atoms with E-state index in [1.54, 1.807) is 28.5 Å². The summed E-state index contributed by atoms with van der Waals surface area (Å²) in [7, 11) is 0. The van der Waals surface area contributed by atoms with Gasteiger partial charge in [0.25, 0.3) is 0 Å². The van der Waals surface area contributed by atoms with E-state index in [4.69, 9.17) is 0 Å². The average molecular weight is 346 g/mol. The molecule has 124 valence electrons. The molecule has 2 rings (SSSR count). The molecule has 0 radical (unpaired) electrons. The normalized spacial score (nSPS) is 25.3. The van der Waals surface area contributed by atoms with Crippen molar-refractivity contribution in [3.05, 3.63) is 0 Å². The van der Waals surface area contributed by atoms with E-state index in [1.165, 1.54) is 6.92 Å². The lowest BCUT2D eigenvalue weighted by molar-refractivity contribution is -0.154. The highest BCUT2D eigenvalue weighted by molar-refractivity contribution is 8.01. The first-order valence-corrected chi connectivity index (χ1v) is 9.00. The van der Waals surface area contributed by atoms with Crippen molar-refractivity contribution in [1.29, 1.82) is 0 Å². The Hall–Kier alpha value is -0.890. The van der Waals surface area contributed by atoms with Gasteiger partial charge in [-0.25, -0.2) is 4.79 Å². The van der Waals surface area contributed by atoms with Crippen molar-refractivity contribution in [2.24, 2.45) is 5.92 Å². The molecule has 22 heavy (non-hydrogen) atoms. The van der Waals surface area contributed by atoms with Crippen LogP contribution in [0.3, 0.4) is 0 Å². The molecule has 2 saturated heterocycles. The molecule has 0 aromatic rings. The minimum atomic E-state index is -0.960. The standard InChI is InChI=1S/C14H22N2O4S2/c1-9(7-21)12(18)16-11(13(19)20)8-22-14(16)3-5-15(6-4-14)10(2)17/h9,11,21H,3-8H2,1-2H3,(H,19,20). The fourth-order valence-corrected chi connectivity index (χ4v) is 4.81. The number of piperidine rings is 1. The lowest BCUT2D eigenvalue weighted by Gasteiger charge is -2.45. The van der Waals surface area contributed by atoms with Crippen molar-refractivity contribution in [3.63, 3.8) is 0 Å². The van der Waals surface area contributed by atoms with E-state index in [0.717, 1.165) is 0 Å². The molecule has 2 unspecified atom stereocenters. The van der Waals surface area contributed by atoms with Crippen LogP contribution in [0.15, 0.2) is 0 Å². The Labute approximate surface area is 140 Å². The Kier molecular flexibility index (Phi) is 5.32. The van der Waals surface area contributed by atoms with Crippen LogP contribution in [-0.4, -0.2) is 68.2 Å². The summed E-state index contributed by atoms with van der Waals surface area (Å²) < 4.78 is 0. The summed E-state index contributed by atoms with van der Waals surface area (Å²) >= 11 is 5.71. The number of rotatable bonds is 3. The lowest BCUT2D eigenvalue weighted by atomic mass is 9.98. The molecular formula is C14H22N2O4S2. The predicted octanol–water partition coefficient (Wildman–Crippen LogP) is 0.919. The molecule has 2 aliphatic rings. The molecule has 6 nitrogen and oxygen atoms in total. The van der Waals surface area contributed by atoms with Crippen LogP contribution in [0.5, 0.6) is 0 Å². The van der Waals surface area contributed by atoms with Crippen molar-refractivity contribution in [1.82, 2.24) is 9.80 Å². The van der Waals surface area contributed by atoms with Gasteiger partial charge in [-0.3, -0.25) is 9.59 Å². The Balaban J connectivity index is 2.24. The average Bonchev–Trinajstić information content (AvgIpc) is 2.85. The second-order valence-corrected chi connectivity index (χ2v) is 7.66. The number of likely N-dealkylation sites (tertiary alicyclic amines) is 1. The molecule has 2 heterocycles. The SMILES string of the molecule is CC(=O)N1CCC2(CC1)SCC(C(=O)O)N2C(=O)C(C)CS. The van der Waals surface area contributed by atoms with Crippen molar-refractivity contribution in [2.75, 3.05) is 24.6 Å². The molecule has 2 amide bonds. The largest absolute Gasteiger partial charge is 0.480 e. The van der Waals surface area contributed by atoms with Crippen molar-refractivity contribution < 1.29 is 19.5 Å². The van der Waals surface area contributed by atoms with E-state index in [9.17, 15) is 19.5 Å². The maximum absolute atomic E-state index is 12.7. The highest BCUT2D eigenvalue weighted by Crippen LogP contribution is 2.47. The maximum Gasteiger partial charge on any atom is 0.327 e. The second-order valence-electron chi connectivity index (χ2n) is 5.91. The van der Waals surface area contributed by atoms with Gasteiger partial charge < -0.3 is 14.9 Å². The van der Waals surface area contributed by atoms with Crippen LogP contribution in [-0.2, 0) is 14.4 Å². The highest BCUT2D eigenvalue weighted by Gasteiger charge is 2.53. The molecule has 8 heteroatoms. The molecule has 0 saturated carbocycles. The number of carboxylic acids is 1. The summed E-state index contributed by atoms with van der Waals surface area (Å²) in [5.41, 5.74) is 0. The molecule has 0 aromatic heterocycles. The van der Waals surface area contributed by atoms with Crippen LogP contribution in [0.2, 0.25) is 0 Å². The Morgan fingerprint density at radius 1 is 1.36 bits per heavy atom. The van der Waals surface area contributed by atoms with Gasteiger partial charge in [-0.05, 0) is 12.8 Å². The van der Waals surface area contributed by atoms with Crippen LogP contribution in [0.1, 0.15) is 26.7 Å². The Morgan fingerprint density at radius 3 is 2.41 bits per heavy atom. The fourth-order valence-electron chi connectivity index (χ4n) is 3.07. The van der Waals surface area contributed by atoms with Crippen molar-refractivity contribution in [2.45, 2.75) is 37.6 Å². The first-order valence-electron chi connectivity index (χ1n) is 7.38. The van der Waals surface area contributed by atoms with E-state index in [0.29, 0.717) is 37.4 Å². The van der Waals surface area contributed by atoms with Crippen LogP contribution in [0.25, 0.3) is 0 Å². The Morgan fingerprint density at radius 2 is 1.95 bits per heavy atom. The van der Waals surface area contributed by atoms with Crippen molar-refractivity contribution in [3.8, 4) is 0 Å². The summed E-state index contributed by atoms with van der Waals surface area (Å²) in [5, 5.41) is 9.45. The summed E-state index contributed by atoms with van der Waals surface area (Å²) in [6.45, 7) is 4.43. The number of hydrogen-bond acceptors (Lipinski definition) is 5. The van der Waals surface area contributed by atoms with Crippen LogP contribution in [0, 0.1) is 5.92 Å². The zero-order valence-corrected chi connectivity index (χ0v) is 14.5. The molecule has 0 bridgehead atoms. The van der Waals surface area contributed by atoms with Crippen molar-refractivity contribution >= 4 is 42.2 Å². The predicted molar refractivity (Wildman–Crippen MR) is 88.0 cm³/mol. The summed E-state index contributed by atoms with van der Waals surface area (Å²) in [5.74, 6) is -0.606. The van der Waals surface area contributed by atoms with E-state index in [1.807, 2.05) is 0 Å². The molecule has 1 N–H and O–H groups in total. The first-order chi connectivity index (χ1) is 10.3. The van der Waals surface area contributed by atoms with E-state index < -0.39 is 16.9 Å². The molecule has 2 atom stereocenters. The topological polar surface area (TPSA) is 77.9 Å². The first kappa shape index (κ1) is 17.5. The van der Waals surface area contributed by atoms with Gasteiger partial charge in [0.2, 0.25) is 11.8 Å². The minimum Gasteiger partial charge on any atom is -0.480 e. The number of carbonyl (C=O) groups excluding carboxylic acids is 2. The van der Waals surface area contributed by atoms with Gasteiger partial charge in [0.1, 0.15) is 6.04 Å². The second kappa shape index (κ2) is 6.70. The monoisotopic (exact) mass is 346 g/mol. The number of thioether (sulfide) groups is 1. The number of amides is 2. The van der Waals surface area contributed by atoms with Gasteiger partial charge in [-0.2, -0.15) is 12.6 Å². The van der Waals surface area contributed by atoms with Crippen LogP contribution >= 0.6 is 24.4 Å². The quantitative estimate of drug-likeness (QED) is 0.743. The van der Waals surface area contributed by atoms with Gasteiger partial charge in [-0.15, -0.1) is 11.8 Å². The number of hydrogen-bond donors (Lipinski definition) is 2. The van der Waals surface area contributed by atoms with Gasteiger partial charge in [-0.1, -0.05) is 6.92 Å². The van der Waals surface area contributed by atoms with Gasteiger partial charge >= 0.3 is 5.97 Å². The fraction of sp³-hybridized carbons (Fsp3) is 0.786. The smallest absolute Gasteiger partial charge is 0.327 e. The molecule has 0 aromatic carbocycles. The van der Waals surface area contributed by atoms with E-state index in [2.05, 4.69) is 12.6 Å². The zero-order chi connectivity index (χ0) is 16.5. The molecule has 1 spiro atoms. The molecule has 2 aliphatic heterocycles. The summed E-state index contributed by atoms with van der Waals surface area (Å²) in [6.07, 6.45) is 1.23. The molecular weight excluding hydrogens is 324 g/mol. The molecule has 2 fully saturated rings. The van der Waals surface area contributed by atoms with E-state index >= 15 is 0 Å². The van der Waals surface area contributed by atoms with Gasteiger partial charge in [0, 0.05) is 37.4 Å². The summed E-state index contributed by atoms with van der Waals surface area (Å²) in [4.78, 5) is 38.5. The van der Waals surface area contributed by atoms with E-state index in [-0.39, 0.29) is 17.7 Å². The zero-order valence-electron chi connectivity index (χ0n) is 12.8. The lowest BCUT2D eigenvalue weighted by Crippen LogP contribution is -2.58. The van der Waals surface area contributed by atoms with Crippen LogP contribution in [0.4, 0.5) is 0 Å². The third kappa shape index (κ3) is 3.08. The third-order valence-corrected chi connectivity index (χ3v) is 6.64. The number of thiol groups is 1. The van der Waals surface area contributed by atoms with Gasteiger partial charge in [0.15, 0.2) is 0 Å². The van der Waals surface area contributed by atoms with Gasteiger partial charge in [0.05, 0.1) is 4.87 Å². The summed E-state index contributed by atoms with van der Waals surface area (Å²) in [6, 6.07) is -0.788. The maximum atomic E-state index is 12.7. The number of carbonyl (C=O) groups is 3. The Bertz CT molecular complexity index is 477. The third-order valence-electron chi connectivity index (χ3n) is 4.47. The highest BCUT2D eigenvalue weighted by atomic mass is 32.2. The minimum absolute atomic E-state index is 0.0224. The number of aliphatic carboxylic acids is 1. The number of carboxylic acid groups (broad SMARTS) is 1.